The molecule has 1 amide bonds. The average Bonchev–Trinajstić information content (AvgIpc) is 2.53. The molecular formula is C17H22ClNO4. The molecule has 1 aromatic carbocycles. The van der Waals surface area contributed by atoms with E-state index in [1.165, 1.54) is 0 Å². The quantitative estimate of drug-likeness (QED) is 0.864. The predicted molar refractivity (Wildman–Crippen MR) is 87.6 cm³/mol. The third-order valence-corrected chi connectivity index (χ3v) is 4.88. The van der Waals surface area contributed by atoms with Crippen LogP contribution >= 0.6 is 11.6 Å². The zero-order chi connectivity index (χ0) is 17.1. The number of carbonyl (C=O) groups is 2. The first-order chi connectivity index (χ1) is 10.8. The van der Waals surface area contributed by atoms with Crippen molar-refractivity contribution in [2.75, 3.05) is 19.8 Å². The van der Waals surface area contributed by atoms with Crippen LogP contribution in [0.5, 0.6) is 0 Å². The number of amides is 1. The van der Waals surface area contributed by atoms with E-state index in [1.54, 1.807) is 12.1 Å². The van der Waals surface area contributed by atoms with Crippen LogP contribution in [0.3, 0.4) is 0 Å². The molecule has 1 aliphatic heterocycles. The number of benzene rings is 1. The van der Waals surface area contributed by atoms with Crippen molar-refractivity contribution in [3.05, 3.63) is 34.9 Å². The maximum absolute atomic E-state index is 12.6. The van der Waals surface area contributed by atoms with Crippen molar-refractivity contribution in [3.8, 4) is 0 Å². The molecule has 2 rings (SSSR count). The van der Waals surface area contributed by atoms with Gasteiger partial charge in [0, 0.05) is 24.8 Å². The first kappa shape index (κ1) is 17.8. The minimum Gasteiger partial charge on any atom is -0.481 e. The third-order valence-electron chi connectivity index (χ3n) is 4.62. The number of carboxylic acids is 1. The van der Waals surface area contributed by atoms with Gasteiger partial charge in [0.2, 0.25) is 5.91 Å². The molecule has 0 bridgehead atoms. The van der Waals surface area contributed by atoms with Gasteiger partial charge in [0.1, 0.15) is 0 Å². The summed E-state index contributed by atoms with van der Waals surface area (Å²) < 4.78 is 5.24. The molecule has 1 aromatic rings. The zero-order valence-electron chi connectivity index (χ0n) is 13.4. The summed E-state index contributed by atoms with van der Waals surface area (Å²) in [5.74, 6) is -1.09. The van der Waals surface area contributed by atoms with Crippen LogP contribution in [0.25, 0.3) is 0 Å². The summed E-state index contributed by atoms with van der Waals surface area (Å²) in [6.45, 7) is 4.54. The Kier molecular flexibility index (Phi) is 5.32. The highest BCUT2D eigenvalue weighted by molar-refractivity contribution is 6.30. The van der Waals surface area contributed by atoms with Crippen LogP contribution in [0.2, 0.25) is 5.02 Å². The van der Waals surface area contributed by atoms with E-state index in [2.05, 4.69) is 5.32 Å². The summed E-state index contributed by atoms with van der Waals surface area (Å²) in [5.41, 5.74) is -0.879. The van der Waals surface area contributed by atoms with Gasteiger partial charge in [-0.3, -0.25) is 9.59 Å². The van der Waals surface area contributed by atoms with Gasteiger partial charge in [-0.15, -0.1) is 0 Å². The van der Waals surface area contributed by atoms with Crippen molar-refractivity contribution in [1.29, 1.82) is 0 Å². The largest absolute Gasteiger partial charge is 0.481 e. The summed E-state index contributed by atoms with van der Waals surface area (Å²) in [4.78, 5) is 24.2. The highest BCUT2D eigenvalue weighted by Crippen LogP contribution is 2.31. The molecule has 1 aliphatic rings. The summed E-state index contributed by atoms with van der Waals surface area (Å²) in [7, 11) is 0. The highest BCUT2D eigenvalue weighted by Gasteiger charge is 2.41. The lowest BCUT2D eigenvalue weighted by atomic mass is 9.79. The lowest BCUT2D eigenvalue weighted by Gasteiger charge is -2.34. The molecule has 6 heteroatoms. The van der Waals surface area contributed by atoms with Gasteiger partial charge in [-0.2, -0.15) is 0 Å². The number of rotatable bonds is 5. The van der Waals surface area contributed by atoms with E-state index in [4.69, 9.17) is 16.3 Å². The SMILES string of the molecule is CC(C)(C(=O)NCC1(C(=O)O)CCOCC1)c1ccc(Cl)cc1. The Labute approximate surface area is 141 Å². The number of hydrogen-bond donors (Lipinski definition) is 2. The molecule has 1 saturated heterocycles. The molecule has 0 atom stereocenters. The summed E-state index contributed by atoms with van der Waals surface area (Å²) in [6, 6.07) is 7.10. The molecule has 2 N–H and O–H groups in total. The van der Waals surface area contributed by atoms with Crippen LogP contribution in [0.1, 0.15) is 32.3 Å². The van der Waals surface area contributed by atoms with Gasteiger partial charge < -0.3 is 15.2 Å². The molecule has 0 aliphatic carbocycles. The molecule has 5 nitrogen and oxygen atoms in total. The number of ether oxygens (including phenoxy) is 1. The van der Waals surface area contributed by atoms with Gasteiger partial charge in [-0.1, -0.05) is 23.7 Å². The van der Waals surface area contributed by atoms with Gasteiger partial charge in [-0.25, -0.2) is 0 Å². The van der Waals surface area contributed by atoms with E-state index < -0.39 is 16.8 Å². The van der Waals surface area contributed by atoms with E-state index in [1.807, 2.05) is 26.0 Å². The smallest absolute Gasteiger partial charge is 0.311 e. The Morgan fingerprint density at radius 1 is 1.26 bits per heavy atom. The predicted octanol–water partition coefficient (Wildman–Crippen LogP) is 2.62. The van der Waals surface area contributed by atoms with E-state index in [9.17, 15) is 14.7 Å². The lowest BCUT2D eigenvalue weighted by Crippen LogP contribution is -2.50. The number of aliphatic carboxylic acids is 1. The van der Waals surface area contributed by atoms with Crippen molar-refractivity contribution >= 4 is 23.5 Å². The fourth-order valence-corrected chi connectivity index (χ4v) is 2.82. The summed E-state index contributed by atoms with van der Waals surface area (Å²) in [6.07, 6.45) is 0.813. The van der Waals surface area contributed by atoms with Gasteiger partial charge in [-0.05, 0) is 44.4 Å². The maximum Gasteiger partial charge on any atom is 0.311 e. The second-order valence-electron chi connectivity index (χ2n) is 6.51. The molecule has 0 unspecified atom stereocenters. The van der Waals surface area contributed by atoms with Crippen LogP contribution < -0.4 is 5.32 Å². The standard InChI is InChI=1S/C17H22ClNO4/c1-16(2,12-3-5-13(18)6-4-12)14(20)19-11-17(15(21)22)7-9-23-10-8-17/h3-6H,7-11H2,1-2H3,(H,19,20)(H,21,22). The fourth-order valence-electron chi connectivity index (χ4n) is 2.70. The van der Waals surface area contributed by atoms with Crippen molar-refractivity contribution in [1.82, 2.24) is 5.32 Å². The first-order valence-corrected chi connectivity index (χ1v) is 8.01. The number of hydrogen-bond acceptors (Lipinski definition) is 3. The van der Waals surface area contributed by atoms with Crippen molar-refractivity contribution < 1.29 is 19.4 Å². The van der Waals surface area contributed by atoms with Gasteiger partial charge >= 0.3 is 5.97 Å². The molecule has 0 radical (unpaired) electrons. The van der Waals surface area contributed by atoms with Gasteiger partial charge in [0.25, 0.3) is 0 Å². The average molecular weight is 340 g/mol. The minimum absolute atomic E-state index is 0.113. The molecule has 1 heterocycles. The van der Waals surface area contributed by atoms with Gasteiger partial charge in [0.05, 0.1) is 10.8 Å². The molecule has 23 heavy (non-hydrogen) atoms. The van der Waals surface area contributed by atoms with E-state index in [-0.39, 0.29) is 12.5 Å². The van der Waals surface area contributed by atoms with Crippen molar-refractivity contribution in [3.63, 3.8) is 0 Å². The lowest BCUT2D eigenvalue weighted by molar-refractivity contribution is -0.154. The van der Waals surface area contributed by atoms with E-state index in [0.717, 1.165) is 5.56 Å². The number of nitrogens with one attached hydrogen (secondary N) is 1. The second-order valence-corrected chi connectivity index (χ2v) is 6.95. The monoisotopic (exact) mass is 339 g/mol. The first-order valence-electron chi connectivity index (χ1n) is 7.63. The Hall–Kier alpha value is -1.59. The van der Waals surface area contributed by atoms with Crippen molar-refractivity contribution in [2.24, 2.45) is 5.41 Å². The molecule has 0 saturated carbocycles. The van der Waals surface area contributed by atoms with Crippen LogP contribution in [-0.2, 0) is 19.7 Å². The van der Waals surface area contributed by atoms with Crippen LogP contribution in [-0.4, -0.2) is 36.7 Å². The van der Waals surface area contributed by atoms with Crippen molar-refractivity contribution in [2.45, 2.75) is 32.1 Å². The molecule has 1 fully saturated rings. The minimum atomic E-state index is -0.940. The second kappa shape index (κ2) is 6.89. The fraction of sp³-hybridized carbons (Fsp3) is 0.529. The number of carboxylic acid groups (broad SMARTS) is 1. The van der Waals surface area contributed by atoms with E-state index in [0.29, 0.717) is 31.1 Å². The Balaban J connectivity index is 2.08. The Morgan fingerprint density at radius 3 is 2.35 bits per heavy atom. The topological polar surface area (TPSA) is 75.6 Å². The molecule has 0 aromatic heterocycles. The normalized spacial score (nSPS) is 17.5. The molecular weight excluding hydrogens is 318 g/mol. The van der Waals surface area contributed by atoms with Crippen LogP contribution in [0.15, 0.2) is 24.3 Å². The Morgan fingerprint density at radius 2 is 1.83 bits per heavy atom. The maximum atomic E-state index is 12.6. The third kappa shape index (κ3) is 3.85. The summed E-state index contributed by atoms with van der Waals surface area (Å²) >= 11 is 5.88. The number of halogens is 1. The molecule has 126 valence electrons. The van der Waals surface area contributed by atoms with Crippen LogP contribution in [0, 0.1) is 5.41 Å². The zero-order valence-corrected chi connectivity index (χ0v) is 14.2. The van der Waals surface area contributed by atoms with Crippen LogP contribution in [0.4, 0.5) is 0 Å². The van der Waals surface area contributed by atoms with Gasteiger partial charge in [0.15, 0.2) is 0 Å². The molecule has 0 spiro atoms. The highest BCUT2D eigenvalue weighted by atomic mass is 35.5. The Bertz CT molecular complexity index is 577. The van der Waals surface area contributed by atoms with E-state index >= 15 is 0 Å². The number of carbonyl (C=O) groups excluding carboxylic acids is 1. The summed E-state index contributed by atoms with van der Waals surface area (Å²) in [5, 5.41) is 13.0.